The SMILES string of the molecule is Cc1nn(CCC(=O)NC2(C(=O)O)CCSCC2)c(C)c1[N+](=O)[O-]. The van der Waals surface area contributed by atoms with Crippen molar-refractivity contribution in [1.82, 2.24) is 15.1 Å². The first-order chi connectivity index (χ1) is 11.3. The second kappa shape index (κ2) is 7.20. The fourth-order valence-electron chi connectivity index (χ4n) is 2.82. The molecule has 1 saturated heterocycles. The number of amides is 1. The minimum absolute atomic E-state index is 0.0152. The van der Waals surface area contributed by atoms with Crippen molar-refractivity contribution in [2.24, 2.45) is 0 Å². The standard InChI is InChI=1S/C14H20N4O5S/c1-9-12(18(22)23)10(2)17(16-9)6-3-11(19)15-14(13(20)21)4-7-24-8-5-14/h3-8H2,1-2H3,(H,15,19)(H,20,21). The van der Waals surface area contributed by atoms with Gasteiger partial charge in [0.1, 0.15) is 16.9 Å². The molecule has 132 valence electrons. The Morgan fingerprint density at radius 1 is 1.42 bits per heavy atom. The molecule has 0 atom stereocenters. The molecule has 0 aromatic carbocycles. The van der Waals surface area contributed by atoms with E-state index in [-0.39, 0.29) is 24.6 Å². The van der Waals surface area contributed by atoms with Crippen molar-refractivity contribution in [2.45, 2.75) is 45.2 Å². The van der Waals surface area contributed by atoms with Crippen LogP contribution >= 0.6 is 11.8 Å². The van der Waals surface area contributed by atoms with Gasteiger partial charge in [-0.3, -0.25) is 19.6 Å². The summed E-state index contributed by atoms with van der Waals surface area (Å²) in [6.07, 6.45) is 0.801. The first-order valence-corrected chi connectivity index (χ1v) is 8.73. The molecule has 2 heterocycles. The molecule has 1 aliphatic heterocycles. The van der Waals surface area contributed by atoms with Crippen LogP contribution in [0, 0.1) is 24.0 Å². The molecule has 0 unspecified atom stereocenters. The first-order valence-electron chi connectivity index (χ1n) is 7.57. The zero-order valence-corrected chi connectivity index (χ0v) is 14.4. The van der Waals surface area contributed by atoms with E-state index >= 15 is 0 Å². The van der Waals surface area contributed by atoms with E-state index in [9.17, 15) is 24.8 Å². The van der Waals surface area contributed by atoms with Crippen molar-refractivity contribution in [2.75, 3.05) is 11.5 Å². The highest BCUT2D eigenvalue weighted by Gasteiger charge is 2.41. The molecule has 0 spiro atoms. The zero-order chi connectivity index (χ0) is 17.9. The van der Waals surface area contributed by atoms with Crippen molar-refractivity contribution < 1.29 is 19.6 Å². The van der Waals surface area contributed by atoms with Crippen LogP contribution in [0.5, 0.6) is 0 Å². The molecule has 0 radical (unpaired) electrons. The summed E-state index contributed by atoms with van der Waals surface area (Å²) in [4.78, 5) is 34.2. The molecule has 0 aliphatic carbocycles. The van der Waals surface area contributed by atoms with Crippen molar-refractivity contribution >= 4 is 29.3 Å². The minimum atomic E-state index is -1.20. The molecule has 9 nitrogen and oxygen atoms in total. The minimum Gasteiger partial charge on any atom is -0.480 e. The number of carbonyl (C=O) groups excluding carboxylic acids is 1. The molecular formula is C14H20N4O5S. The van der Waals surface area contributed by atoms with Crippen LogP contribution in [0.4, 0.5) is 5.69 Å². The quantitative estimate of drug-likeness (QED) is 0.580. The number of hydrogen-bond acceptors (Lipinski definition) is 6. The maximum atomic E-state index is 12.2. The lowest BCUT2D eigenvalue weighted by Crippen LogP contribution is -2.56. The van der Waals surface area contributed by atoms with Gasteiger partial charge in [-0.25, -0.2) is 4.79 Å². The highest BCUT2D eigenvalue weighted by Crippen LogP contribution is 2.27. The number of nitrogens with one attached hydrogen (secondary N) is 1. The number of carboxylic acids is 1. The van der Waals surface area contributed by atoms with Gasteiger partial charge in [0, 0.05) is 6.42 Å². The topological polar surface area (TPSA) is 127 Å². The van der Waals surface area contributed by atoms with Crippen molar-refractivity contribution in [3.8, 4) is 0 Å². The van der Waals surface area contributed by atoms with Gasteiger partial charge in [0.25, 0.3) is 0 Å². The van der Waals surface area contributed by atoms with Crippen LogP contribution in [0.15, 0.2) is 0 Å². The summed E-state index contributed by atoms with van der Waals surface area (Å²) in [5.74, 6) is -0.0238. The molecule has 0 bridgehead atoms. The van der Waals surface area contributed by atoms with Crippen molar-refractivity contribution in [3.63, 3.8) is 0 Å². The van der Waals surface area contributed by atoms with E-state index in [1.165, 1.54) is 4.68 Å². The number of hydrogen-bond donors (Lipinski definition) is 2. The number of carbonyl (C=O) groups is 2. The van der Waals surface area contributed by atoms with Crippen LogP contribution in [0.2, 0.25) is 0 Å². The van der Waals surface area contributed by atoms with Crippen LogP contribution in [0.3, 0.4) is 0 Å². The van der Waals surface area contributed by atoms with E-state index in [4.69, 9.17) is 0 Å². The summed E-state index contributed by atoms with van der Waals surface area (Å²) >= 11 is 1.67. The Labute approximate surface area is 142 Å². The molecule has 1 aromatic rings. The highest BCUT2D eigenvalue weighted by molar-refractivity contribution is 7.99. The lowest BCUT2D eigenvalue weighted by atomic mass is 9.92. The Hall–Kier alpha value is -2.10. The third-order valence-corrected chi connectivity index (χ3v) is 5.20. The van der Waals surface area contributed by atoms with Crippen molar-refractivity contribution in [3.05, 3.63) is 21.5 Å². The number of nitrogens with zero attached hydrogens (tertiary/aromatic N) is 3. The lowest BCUT2D eigenvalue weighted by Gasteiger charge is -2.33. The molecule has 0 saturated carbocycles. The molecule has 24 heavy (non-hydrogen) atoms. The van der Waals surface area contributed by atoms with E-state index in [0.29, 0.717) is 35.7 Å². The van der Waals surface area contributed by atoms with Crippen LogP contribution in [0.25, 0.3) is 0 Å². The Morgan fingerprint density at radius 3 is 2.54 bits per heavy atom. The number of rotatable bonds is 6. The average Bonchev–Trinajstić information content (AvgIpc) is 2.80. The lowest BCUT2D eigenvalue weighted by molar-refractivity contribution is -0.386. The van der Waals surface area contributed by atoms with Gasteiger partial charge in [-0.15, -0.1) is 0 Å². The summed E-state index contributed by atoms with van der Waals surface area (Å²) in [5, 5.41) is 27.1. The maximum Gasteiger partial charge on any atom is 0.329 e. The summed E-state index contributed by atoms with van der Waals surface area (Å²) in [5.41, 5.74) is -0.582. The molecule has 10 heteroatoms. The normalized spacial score (nSPS) is 16.6. The van der Waals surface area contributed by atoms with Gasteiger partial charge in [-0.1, -0.05) is 0 Å². The number of aromatic nitrogens is 2. The van der Waals surface area contributed by atoms with Gasteiger partial charge in [0.2, 0.25) is 5.91 Å². The second-order valence-electron chi connectivity index (χ2n) is 5.80. The molecular weight excluding hydrogens is 336 g/mol. The second-order valence-corrected chi connectivity index (χ2v) is 7.02. The van der Waals surface area contributed by atoms with E-state index in [0.717, 1.165) is 0 Å². The predicted octanol–water partition coefficient (Wildman–Crippen LogP) is 1.26. The fraction of sp³-hybridized carbons (Fsp3) is 0.643. The average molecular weight is 356 g/mol. The van der Waals surface area contributed by atoms with Gasteiger partial charge in [-0.05, 0) is 38.2 Å². The first kappa shape index (κ1) is 18.2. The highest BCUT2D eigenvalue weighted by atomic mass is 32.2. The molecule has 2 rings (SSSR count). The fourth-order valence-corrected chi connectivity index (χ4v) is 4.01. The Morgan fingerprint density at radius 2 is 2.04 bits per heavy atom. The zero-order valence-electron chi connectivity index (χ0n) is 13.6. The van der Waals surface area contributed by atoms with Gasteiger partial charge >= 0.3 is 11.7 Å². The number of aryl methyl sites for hydroxylation is 2. The predicted molar refractivity (Wildman–Crippen MR) is 88.0 cm³/mol. The monoisotopic (exact) mass is 356 g/mol. The Kier molecular flexibility index (Phi) is 5.47. The van der Waals surface area contributed by atoms with E-state index in [2.05, 4.69) is 10.4 Å². The third kappa shape index (κ3) is 3.69. The van der Waals surface area contributed by atoms with Gasteiger partial charge in [0.15, 0.2) is 0 Å². The number of nitro groups is 1. The molecule has 2 N–H and O–H groups in total. The third-order valence-electron chi connectivity index (χ3n) is 4.21. The molecule has 1 aliphatic rings. The smallest absolute Gasteiger partial charge is 0.329 e. The largest absolute Gasteiger partial charge is 0.480 e. The Bertz CT molecular complexity index is 666. The summed E-state index contributed by atoms with van der Waals surface area (Å²) < 4.78 is 1.41. The van der Waals surface area contributed by atoms with Crippen LogP contribution in [-0.2, 0) is 16.1 Å². The Balaban J connectivity index is 2.02. The molecule has 1 aromatic heterocycles. The van der Waals surface area contributed by atoms with E-state index in [1.807, 2.05) is 0 Å². The molecule has 1 fully saturated rings. The van der Waals surface area contributed by atoms with Crippen LogP contribution < -0.4 is 5.32 Å². The number of thioether (sulfide) groups is 1. The van der Waals surface area contributed by atoms with Crippen LogP contribution in [-0.4, -0.2) is 48.7 Å². The van der Waals surface area contributed by atoms with Gasteiger partial charge in [0.05, 0.1) is 11.5 Å². The number of carboxylic acid groups (broad SMARTS) is 1. The summed E-state index contributed by atoms with van der Waals surface area (Å²) in [6, 6.07) is 0. The number of aliphatic carboxylic acids is 1. The van der Waals surface area contributed by atoms with Gasteiger partial charge < -0.3 is 10.4 Å². The molecule has 1 amide bonds. The summed E-state index contributed by atoms with van der Waals surface area (Å²) in [6.45, 7) is 3.28. The van der Waals surface area contributed by atoms with Crippen molar-refractivity contribution in [1.29, 1.82) is 0 Å². The van der Waals surface area contributed by atoms with Crippen LogP contribution in [0.1, 0.15) is 30.7 Å². The van der Waals surface area contributed by atoms with Gasteiger partial charge in [-0.2, -0.15) is 16.9 Å². The van der Waals surface area contributed by atoms with E-state index in [1.54, 1.807) is 25.6 Å². The van der Waals surface area contributed by atoms with E-state index < -0.39 is 16.4 Å². The maximum absolute atomic E-state index is 12.2. The summed E-state index contributed by atoms with van der Waals surface area (Å²) in [7, 11) is 0.